The van der Waals surface area contributed by atoms with Gasteiger partial charge >= 0.3 is 5.97 Å². The smallest absolute Gasteiger partial charge is 0.303 e. The van der Waals surface area contributed by atoms with Crippen molar-refractivity contribution in [3.05, 3.63) is 46.4 Å². The number of rotatable bonds is 7. The van der Waals surface area contributed by atoms with E-state index in [1.165, 1.54) is 6.20 Å². The number of nitrogens with one attached hydrogen (secondary N) is 3. The molecule has 4 heterocycles. The number of nitrogens with zero attached hydrogens (tertiary/aromatic N) is 5. The number of H-pyrrole nitrogens is 1. The first-order valence-electron chi connectivity index (χ1n) is 12.7. The molecule has 2 saturated heterocycles. The van der Waals surface area contributed by atoms with Gasteiger partial charge in [0.2, 0.25) is 5.95 Å². The number of anilines is 3. The van der Waals surface area contributed by atoms with Crippen molar-refractivity contribution in [3.8, 4) is 6.07 Å². The van der Waals surface area contributed by atoms with Crippen LogP contribution in [0.2, 0.25) is 0 Å². The van der Waals surface area contributed by atoms with Gasteiger partial charge in [-0.1, -0.05) is 12.1 Å². The number of aromatic amines is 1. The van der Waals surface area contributed by atoms with Gasteiger partial charge in [0.15, 0.2) is 0 Å². The van der Waals surface area contributed by atoms with Crippen molar-refractivity contribution < 1.29 is 9.90 Å². The first kappa shape index (κ1) is 24.6. The molecule has 2 unspecified atom stereocenters. The minimum Gasteiger partial charge on any atom is -0.481 e. The van der Waals surface area contributed by atoms with Crippen LogP contribution in [0.5, 0.6) is 0 Å². The number of carboxylic acids is 1. The first-order chi connectivity index (χ1) is 18.0. The number of fused-ring (bicyclic) bond motifs is 1. The van der Waals surface area contributed by atoms with Gasteiger partial charge in [0.25, 0.3) is 5.56 Å². The third kappa shape index (κ3) is 5.70. The molecule has 0 bridgehead atoms. The maximum absolute atomic E-state index is 12.6. The summed E-state index contributed by atoms with van der Waals surface area (Å²) >= 11 is 0. The van der Waals surface area contributed by atoms with E-state index in [9.17, 15) is 9.59 Å². The molecule has 11 heteroatoms. The van der Waals surface area contributed by atoms with Gasteiger partial charge in [0.1, 0.15) is 16.7 Å². The van der Waals surface area contributed by atoms with Gasteiger partial charge in [-0.3, -0.25) is 9.59 Å². The molecular weight excluding hydrogens is 472 g/mol. The van der Waals surface area contributed by atoms with Crippen molar-refractivity contribution in [1.82, 2.24) is 25.5 Å². The van der Waals surface area contributed by atoms with Gasteiger partial charge in [-0.05, 0) is 61.8 Å². The Morgan fingerprint density at radius 3 is 2.59 bits per heavy atom. The number of aliphatic carboxylic acids is 1. The number of carboxylic acid groups (broad SMARTS) is 1. The molecule has 2 aliphatic heterocycles. The van der Waals surface area contributed by atoms with E-state index in [1.807, 2.05) is 24.3 Å². The topological polar surface area (TPSA) is 160 Å². The highest BCUT2D eigenvalue weighted by atomic mass is 16.4. The highest BCUT2D eigenvalue weighted by Crippen LogP contribution is 2.30. The molecule has 2 aromatic heterocycles. The first-order valence-corrected chi connectivity index (χ1v) is 12.7. The summed E-state index contributed by atoms with van der Waals surface area (Å²) in [6, 6.07) is 10.4. The van der Waals surface area contributed by atoms with Gasteiger partial charge in [-0.15, -0.1) is 0 Å². The molecule has 3 aromatic rings. The van der Waals surface area contributed by atoms with Gasteiger partial charge in [-0.25, -0.2) is 10.1 Å². The molecule has 0 spiro atoms. The SMILES string of the molecule is N#CCC1CCN(c2nc(Nc3ccc(C4CCC(CC(=O)O)CN4)cc3)c3c(=O)[nH]ncc3n2)CC1. The number of aromatic nitrogens is 4. The van der Waals surface area contributed by atoms with E-state index in [1.54, 1.807) is 0 Å². The zero-order chi connectivity index (χ0) is 25.8. The average molecular weight is 503 g/mol. The Labute approximate surface area is 213 Å². The zero-order valence-electron chi connectivity index (χ0n) is 20.5. The molecule has 4 N–H and O–H groups in total. The third-order valence-corrected chi connectivity index (χ3v) is 7.34. The minimum absolute atomic E-state index is 0.166. The molecule has 0 saturated carbocycles. The molecule has 0 aliphatic carbocycles. The van der Waals surface area contributed by atoms with Crippen LogP contribution in [0.3, 0.4) is 0 Å². The summed E-state index contributed by atoms with van der Waals surface area (Å²) in [5.74, 6) is 0.766. The van der Waals surface area contributed by atoms with E-state index in [0.29, 0.717) is 41.6 Å². The second-order valence-electron chi connectivity index (χ2n) is 9.87. The van der Waals surface area contributed by atoms with Gasteiger partial charge in [0, 0.05) is 37.7 Å². The molecule has 5 rings (SSSR count). The standard InChI is InChI=1S/C26H30N8O3/c27-10-7-16-8-11-34(12-9-16)26-31-21-15-29-33-25(37)23(21)24(32-26)30-19-4-2-18(3-5-19)20-6-1-17(14-28-20)13-22(35)36/h2-5,15-17,20,28H,1,6-9,11-14H2,(H,33,37)(H,35,36)(H,30,31,32). The lowest BCUT2D eigenvalue weighted by Gasteiger charge is -2.31. The molecule has 2 aliphatic rings. The van der Waals surface area contributed by atoms with Crippen molar-refractivity contribution >= 4 is 34.3 Å². The third-order valence-electron chi connectivity index (χ3n) is 7.34. The van der Waals surface area contributed by atoms with Gasteiger partial charge in [-0.2, -0.15) is 15.3 Å². The van der Waals surface area contributed by atoms with Crippen LogP contribution in [-0.2, 0) is 4.79 Å². The van der Waals surface area contributed by atoms with Crippen molar-refractivity contribution in [2.45, 2.75) is 44.6 Å². The fourth-order valence-corrected chi connectivity index (χ4v) is 5.25. The molecular formula is C26H30N8O3. The Hall–Kier alpha value is -4.04. The molecule has 0 amide bonds. The lowest BCUT2D eigenvalue weighted by molar-refractivity contribution is -0.138. The second-order valence-corrected chi connectivity index (χ2v) is 9.87. The fraction of sp³-hybridized carbons (Fsp3) is 0.462. The maximum Gasteiger partial charge on any atom is 0.303 e. The summed E-state index contributed by atoms with van der Waals surface area (Å²) in [6.45, 7) is 2.20. The highest BCUT2D eigenvalue weighted by molar-refractivity contribution is 5.90. The molecule has 2 fully saturated rings. The van der Waals surface area contributed by atoms with Crippen LogP contribution < -0.4 is 21.1 Å². The number of nitriles is 1. The summed E-state index contributed by atoms with van der Waals surface area (Å²) < 4.78 is 0. The second kappa shape index (κ2) is 10.9. The largest absolute Gasteiger partial charge is 0.481 e. The Balaban J connectivity index is 1.33. The summed E-state index contributed by atoms with van der Waals surface area (Å²) in [5, 5.41) is 31.5. The van der Waals surface area contributed by atoms with Crippen LogP contribution >= 0.6 is 0 Å². The minimum atomic E-state index is -0.751. The van der Waals surface area contributed by atoms with Crippen LogP contribution in [0.25, 0.3) is 10.9 Å². The van der Waals surface area contributed by atoms with Crippen molar-refractivity contribution in [1.29, 1.82) is 5.26 Å². The lowest BCUT2D eigenvalue weighted by Crippen LogP contribution is -2.35. The Bertz CT molecular complexity index is 1350. The molecule has 11 nitrogen and oxygen atoms in total. The number of hydrogen-bond donors (Lipinski definition) is 4. The maximum atomic E-state index is 12.6. The predicted octanol–water partition coefficient (Wildman–Crippen LogP) is 3.10. The van der Waals surface area contributed by atoms with E-state index >= 15 is 0 Å². The van der Waals surface area contributed by atoms with Crippen LogP contribution in [-0.4, -0.2) is 50.9 Å². The van der Waals surface area contributed by atoms with Gasteiger partial charge in [0.05, 0.1) is 12.3 Å². The van der Waals surface area contributed by atoms with E-state index < -0.39 is 5.97 Å². The summed E-state index contributed by atoms with van der Waals surface area (Å²) in [6.07, 6.45) is 5.86. The van der Waals surface area contributed by atoms with Crippen LogP contribution in [0.15, 0.2) is 35.3 Å². The number of carbonyl (C=O) groups is 1. The monoisotopic (exact) mass is 502 g/mol. The summed E-state index contributed by atoms with van der Waals surface area (Å²) in [7, 11) is 0. The molecule has 1 aromatic carbocycles. The van der Waals surface area contributed by atoms with E-state index in [0.717, 1.165) is 50.0 Å². The molecule has 37 heavy (non-hydrogen) atoms. The molecule has 0 radical (unpaired) electrons. The molecule has 192 valence electrons. The Morgan fingerprint density at radius 2 is 1.92 bits per heavy atom. The average Bonchev–Trinajstić information content (AvgIpc) is 2.90. The van der Waals surface area contributed by atoms with E-state index in [-0.39, 0.29) is 23.9 Å². The quantitative estimate of drug-likeness (QED) is 0.378. The Morgan fingerprint density at radius 1 is 1.14 bits per heavy atom. The number of hydrogen-bond acceptors (Lipinski definition) is 9. The lowest BCUT2D eigenvalue weighted by atomic mass is 9.89. The fourth-order valence-electron chi connectivity index (χ4n) is 5.25. The van der Waals surface area contributed by atoms with E-state index in [4.69, 9.17) is 15.4 Å². The van der Waals surface area contributed by atoms with Crippen LogP contribution in [0.4, 0.5) is 17.5 Å². The van der Waals surface area contributed by atoms with Crippen LogP contribution in [0, 0.1) is 23.2 Å². The summed E-state index contributed by atoms with van der Waals surface area (Å²) in [4.78, 5) is 35.0. The zero-order valence-corrected chi connectivity index (χ0v) is 20.5. The normalized spacial score (nSPS) is 20.5. The van der Waals surface area contributed by atoms with E-state index in [2.05, 4.69) is 36.8 Å². The number of benzene rings is 1. The van der Waals surface area contributed by atoms with Gasteiger partial charge < -0.3 is 20.6 Å². The highest BCUT2D eigenvalue weighted by Gasteiger charge is 2.24. The van der Waals surface area contributed by atoms with Crippen molar-refractivity contribution in [2.24, 2.45) is 11.8 Å². The number of piperidine rings is 2. The Kier molecular flexibility index (Phi) is 7.28. The molecule has 2 atom stereocenters. The summed E-state index contributed by atoms with van der Waals surface area (Å²) in [5.41, 5.74) is 2.03. The van der Waals surface area contributed by atoms with Crippen molar-refractivity contribution in [2.75, 3.05) is 29.9 Å². The van der Waals surface area contributed by atoms with Crippen molar-refractivity contribution in [3.63, 3.8) is 0 Å². The predicted molar refractivity (Wildman–Crippen MR) is 139 cm³/mol. The van der Waals surface area contributed by atoms with Crippen LogP contribution in [0.1, 0.15) is 50.1 Å².